The lowest BCUT2D eigenvalue weighted by Crippen LogP contribution is -2.41. The monoisotopic (exact) mass is 220 g/mol. The van der Waals surface area contributed by atoms with Crippen LogP contribution in [0.5, 0.6) is 0 Å². The topological polar surface area (TPSA) is 32.3 Å². The van der Waals surface area contributed by atoms with Gasteiger partial charge in [-0.25, -0.2) is 0 Å². The Morgan fingerprint density at radius 1 is 1.31 bits per heavy atom. The fraction of sp³-hybridized carbons (Fsp3) is 0.615. The molecule has 1 amide bonds. The van der Waals surface area contributed by atoms with Crippen LogP contribution >= 0.6 is 0 Å². The van der Waals surface area contributed by atoms with Gasteiger partial charge >= 0.3 is 0 Å². The number of fused-ring (bicyclic) bond motifs is 2. The third kappa shape index (κ3) is 2.05. The van der Waals surface area contributed by atoms with E-state index in [0.29, 0.717) is 25.2 Å². The molecule has 2 aliphatic rings. The molecule has 2 rings (SSSR count). The van der Waals surface area contributed by atoms with Gasteiger partial charge in [-0.15, -0.1) is 13.2 Å². The first kappa shape index (κ1) is 11.4. The Morgan fingerprint density at radius 3 is 2.44 bits per heavy atom. The molecule has 0 aromatic heterocycles. The van der Waals surface area contributed by atoms with Crippen LogP contribution in [0.15, 0.2) is 25.3 Å². The molecule has 0 aromatic carbocycles. The van der Waals surface area contributed by atoms with Crippen LogP contribution in [-0.4, -0.2) is 36.0 Å². The highest BCUT2D eigenvalue weighted by Gasteiger charge is 2.43. The van der Waals surface area contributed by atoms with Crippen LogP contribution in [0, 0.1) is 5.92 Å². The minimum absolute atomic E-state index is 0.179. The number of carbonyl (C=O) groups excluding carboxylic acids is 1. The molecular weight excluding hydrogens is 200 g/mol. The smallest absolute Gasteiger partial charge is 0.227 e. The molecule has 2 heterocycles. The van der Waals surface area contributed by atoms with Gasteiger partial charge in [-0.3, -0.25) is 4.79 Å². The van der Waals surface area contributed by atoms with Gasteiger partial charge in [0.25, 0.3) is 0 Å². The van der Waals surface area contributed by atoms with Crippen molar-refractivity contribution in [3.8, 4) is 0 Å². The summed E-state index contributed by atoms with van der Waals surface area (Å²) in [6, 6.07) is 0.989. The van der Waals surface area contributed by atoms with Gasteiger partial charge in [0.2, 0.25) is 5.91 Å². The highest BCUT2D eigenvalue weighted by Crippen LogP contribution is 2.34. The lowest BCUT2D eigenvalue weighted by atomic mass is 9.88. The molecule has 3 nitrogen and oxygen atoms in total. The fourth-order valence-electron chi connectivity index (χ4n) is 2.90. The maximum Gasteiger partial charge on any atom is 0.227 e. The fourth-order valence-corrected chi connectivity index (χ4v) is 2.90. The predicted molar refractivity (Wildman–Crippen MR) is 65.0 cm³/mol. The van der Waals surface area contributed by atoms with E-state index in [0.717, 1.165) is 12.8 Å². The van der Waals surface area contributed by atoms with E-state index < -0.39 is 0 Å². The SMILES string of the molecule is C=CCN(CC=C)C(=O)C1CC2CCC1N2. The second kappa shape index (κ2) is 4.83. The maximum absolute atomic E-state index is 12.3. The van der Waals surface area contributed by atoms with E-state index in [1.165, 1.54) is 6.42 Å². The largest absolute Gasteiger partial charge is 0.335 e. The van der Waals surface area contributed by atoms with Crippen LogP contribution < -0.4 is 5.32 Å². The van der Waals surface area contributed by atoms with Crippen molar-refractivity contribution in [1.82, 2.24) is 10.2 Å². The lowest BCUT2D eigenvalue weighted by molar-refractivity contribution is -0.135. The first-order chi connectivity index (χ1) is 7.76. The molecule has 2 saturated heterocycles. The molecule has 2 bridgehead atoms. The molecule has 0 spiro atoms. The minimum Gasteiger partial charge on any atom is -0.335 e. The predicted octanol–water partition coefficient (Wildman–Crippen LogP) is 1.33. The Labute approximate surface area is 97.2 Å². The first-order valence-corrected chi connectivity index (χ1v) is 6.03. The van der Waals surface area contributed by atoms with Crippen molar-refractivity contribution >= 4 is 5.91 Å². The molecule has 0 aliphatic carbocycles. The van der Waals surface area contributed by atoms with Crippen molar-refractivity contribution < 1.29 is 4.79 Å². The number of hydrogen-bond acceptors (Lipinski definition) is 2. The van der Waals surface area contributed by atoms with E-state index in [1.54, 1.807) is 12.2 Å². The molecular formula is C13H20N2O. The molecule has 88 valence electrons. The van der Waals surface area contributed by atoms with Gasteiger partial charge in [0.15, 0.2) is 0 Å². The van der Waals surface area contributed by atoms with Gasteiger partial charge in [0.05, 0.1) is 5.92 Å². The van der Waals surface area contributed by atoms with Crippen LogP contribution in [0.2, 0.25) is 0 Å². The van der Waals surface area contributed by atoms with Crippen molar-refractivity contribution in [2.24, 2.45) is 5.92 Å². The Kier molecular flexibility index (Phi) is 3.44. The van der Waals surface area contributed by atoms with E-state index in [4.69, 9.17) is 0 Å². The van der Waals surface area contributed by atoms with Crippen molar-refractivity contribution in [2.45, 2.75) is 31.3 Å². The molecule has 2 aliphatic heterocycles. The summed E-state index contributed by atoms with van der Waals surface area (Å²) in [4.78, 5) is 14.1. The van der Waals surface area contributed by atoms with Gasteiger partial charge in [-0.05, 0) is 19.3 Å². The summed E-state index contributed by atoms with van der Waals surface area (Å²) < 4.78 is 0. The van der Waals surface area contributed by atoms with Gasteiger partial charge in [0.1, 0.15) is 0 Å². The van der Waals surface area contributed by atoms with Gasteiger partial charge in [-0.2, -0.15) is 0 Å². The lowest BCUT2D eigenvalue weighted by Gasteiger charge is -2.27. The number of nitrogens with one attached hydrogen (secondary N) is 1. The normalized spacial score (nSPS) is 31.4. The third-order valence-electron chi connectivity index (χ3n) is 3.63. The molecule has 3 atom stereocenters. The Balaban J connectivity index is 1.99. The first-order valence-electron chi connectivity index (χ1n) is 6.03. The van der Waals surface area contributed by atoms with Crippen LogP contribution in [0.3, 0.4) is 0 Å². The number of amides is 1. The van der Waals surface area contributed by atoms with Gasteiger partial charge < -0.3 is 10.2 Å². The second-order valence-electron chi connectivity index (χ2n) is 4.71. The average Bonchev–Trinajstić information content (AvgIpc) is 2.89. The summed E-state index contributed by atoms with van der Waals surface area (Å²) in [5, 5.41) is 3.50. The van der Waals surface area contributed by atoms with Crippen molar-refractivity contribution in [2.75, 3.05) is 13.1 Å². The van der Waals surface area contributed by atoms with E-state index in [2.05, 4.69) is 18.5 Å². The van der Waals surface area contributed by atoms with Crippen LogP contribution in [0.25, 0.3) is 0 Å². The molecule has 3 unspecified atom stereocenters. The summed E-state index contributed by atoms with van der Waals surface area (Å²) in [6.07, 6.45) is 6.95. The number of hydrogen-bond donors (Lipinski definition) is 1. The molecule has 0 radical (unpaired) electrons. The van der Waals surface area contributed by atoms with E-state index in [1.807, 2.05) is 4.90 Å². The van der Waals surface area contributed by atoms with Crippen LogP contribution in [0.4, 0.5) is 0 Å². The number of rotatable bonds is 5. The summed E-state index contributed by atoms with van der Waals surface area (Å²) in [5.74, 6) is 0.443. The Morgan fingerprint density at radius 2 is 2.00 bits per heavy atom. The highest BCUT2D eigenvalue weighted by molar-refractivity contribution is 5.80. The molecule has 1 N–H and O–H groups in total. The highest BCUT2D eigenvalue weighted by atomic mass is 16.2. The summed E-state index contributed by atoms with van der Waals surface area (Å²) in [7, 11) is 0. The second-order valence-corrected chi connectivity index (χ2v) is 4.71. The van der Waals surface area contributed by atoms with Crippen molar-refractivity contribution in [3.05, 3.63) is 25.3 Å². The van der Waals surface area contributed by atoms with Crippen molar-refractivity contribution in [3.63, 3.8) is 0 Å². The number of carbonyl (C=O) groups is 1. The molecule has 3 heteroatoms. The van der Waals surface area contributed by atoms with E-state index in [-0.39, 0.29) is 11.8 Å². The van der Waals surface area contributed by atoms with Crippen molar-refractivity contribution in [1.29, 1.82) is 0 Å². The van der Waals surface area contributed by atoms with E-state index in [9.17, 15) is 4.79 Å². The van der Waals surface area contributed by atoms with E-state index >= 15 is 0 Å². The summed E-state index contributed by atoms with van der Waals surface area (Å²) >= 11 is 0. The molecule has 16 heavy (non-hydrogen) atoms. The Hall–Kier alpha value is -1.09. The van der Waals surface area contributed by atoms with Gasteiger partial charge in [0, 0.05) is 25.2 Å². The zero-order valence-electron chi connectivity index (χ0n) is 9.69. The standard InChI is InChI=1S/C13H20N2O/c1-3-7-15(8-4-2)13(16)11-9-10-5-6-12(11)14-10/h3-4,10-12,14H,1-2,5-9H2. The molecule has 2 fully saturated rings. The average molecular weight is 220 g/mol. The summed E-state index contributed by atoms with van der Waals surface area (Å²) in [5.41, 5.74) is 0. The molecule has 0 saturated carbocycles. The van der Waals surface area contributed by atoms with Gasteiger partial charge in [-0.1, -0.05) is 12.2 Å². The van der Waals surface area contributed by atoms with Crippen LogP contribution in [-0.2, 0) is 4.79 Å². The summed E-state index contributed by atoms with van der Waals surface area (Å²) in [6.45, 7) is 8.64. The van der Waals surface area contributed by atoms with Crippen LogP contribution in [0.1, 0.15) is 19.3 Å². The molecule has 0 aromatic rings. The third-order valence-corrected chi connectivity index (χ3v) is 3.63. The Bertz CT molecular complexity index is 290. The zero-order chi connectivity index (χ0) is 11.5. The zero-order valence-corrected chi connectivity index (χ0v) is 9.69. The minimum atomic E-state index is 0.179. The maximum atomic E-state index is 12.3. The quantitative estimate of drug-likeness (QED) is 0.709. The number of nitrogens with zero attached hydrogens (tertiary/aromatic N) is 1.